The fraction of sp³-hybridized carbons (Fsp3) is 0.176. The van der Waals surface area contributed by atoms with E-state index < -0.39 is 5.91 Å². The molecule has 0 fully saturated rings. The van der Waals surface area contributed by atoms with Gasteiger partial charge in [0.05, 0.1) is 0 Å². The Hall–Kier alpha value is -2.62. The Labute approximate surface area is 124 Å². The lowest BCUT2D eigenvalue weighted by molar-refractivity contribution is 0.0949. The number of nitrogens with one attached hydrogen (secondary N) is 1. The van der Waals surface area contributed by atoms with Gasteiger partial charge in [0.1, 0.15) is 0 Å². The van der Waals surface area contributed by atoms with Crippen LogP contribution >= 0.6 is 0 Å². The monoisotopic (exact) mass is 282 g/mol. The van der Waals surface area contributed by atoms with E-state index >= 15 is 0 Å². The van der Waals surface area contributed by atoms with E-state index in [9.17, 15) is 9.59 Å². The standard InChI is InChI=1S/C17H18N2O2/c1-11-6-7-15(12(2)8-11)17(21)19-10-13-4-3-5-14(9-13)16(18)20/h3-9H,10H2,1-2H3,(H2,18,20)(H,19,21). The average molecular weight is 282 g/mol. The number of carbonyl (C=O) groups is 2. The van der Waals surface area contributed by atoms with Gasteiger partial charge in [0.2, 0.25) is 5.91 Å². The van der Waals surface area contributed by atoms with Gasteiger partial charge >= 0.3 is 0 Å². The zero-order valence-electron chi connectivity index (χ0n) is 12.1. The molecule has 2 amide bonds. The van der Waals surface area contributed by atoms with Gasteiger partial charge in [-0.2, -0.15) is 0 Å². The van der Waals surface area contributed by atoms with Crippen molar-refractivity contribution in [2.75, 3.05) is 0 Å². The van der Waals surface area contributed by atoms with E-state index in [4.69, 9.17) is 5.73 Å². The molecule has 108 valence electrons. The number of amides is 2. The van der Waals surface area contributed by atoms with E-state index in [1.54, 1.807) is 18.2 Å². The molecule has 0 saturated carbocycles. The van der Waals surface area contributed by atoms with E-state index in [1.165, 1.54) is 0 Å². The fourth-order valence-electron chi connectivity index (χ4n) is 2.18. The third-order valence-electron chi connectivity index (χ3n) is 3.29. The molecule has 0 bridgehead atoms. The Balaban J connectivity index is 2.07. The minimum absolute atomic E-state index is 0.128. The normalized spacial score (nSPS) is 10.2. The second kappa shape index (κ2) is 6.22. The molecular formula is C17H18N2O2. The van der Waals surface area contributed by atoms with Crippen molar-refractivity contribution >= 4 is 11.8 Å². The first-order chi connectivity index (χ1) is 9.97. The van der Waals surface area contributed by atoms with Crippen molar-refractivity contribution in [3.63, 3.8) is 0 Å². The summed E-state index contributed by atoms with van der Waals surface area (Å²) in [6.45, 7) is 4.26. The largest absolute Gasteiger partial charge is 0.366 e. The molecule has 21 heavy (non-hydrogen) atoms. The highest BCUT2D eigenvalue weighted by Crippen LogP contribution is 2.11. The Morgan fingerprint density at radius 1 is 1.10 bits per heavy atom. The van der Waals surface area contributed by atoms with E-state index in [2.05, 4.69) is 5.32 Å². The zero-order valence-corrected chi connectivity index (χ0v) is 12.1. The summed E-state index contributed by atoms with van der Waals surface area (Å²) in [5, 5.41) is 2.85. The van der Waals surface area contributed by atoms with Gasteiger partial charge in [-0.05, 0) is 43.2 Å². The Kier molecular flexibility index (Phi) is 4.38. The maximum absolute atomic E-state index is 12.2. The van der Waals surface area contributed by atoms with Crippen molar-refractivity contribution in [2.24, 2.45) is 5.73 Å². The van der Waals surface area contributed by atoms with Crippen molar-refractivity contribution < 1.29 is 9.59 Å². The van der Waals surface area contributed by atoms with Gasteiger partial charge in [-0.1, -0.05) is 29.8 Å². The molecule has 2 rings (SSSR count). The van der Waals surface area contributed by atoms with Crippen molar-refractivity contribution in [3.8, 4) is 0 Å². The first kappa shape index (κ1) is 14.8. The third kappa shape index (κ3) is 3.69. The summed E-state index contributed by atoms with van der Waals surface area (Å²) in [4.78, 5) is 23.3. The molecule has 0 atom stereocenters. The van der Waals surface area contributed by atoms with Crippen molar-refractivity contribution in [1.82, 2.24) is 5.32 Å². The molecule has 3 N–H and O–H groups in total. The van der Waals surface area contributed by atoms with Gasteiger partial charge in [-0.25, -0.2) is 0 Å². The van der Waals surface area contributed by atoms with Gasteiger partial charge in [-0.3, -0.25) is 9.59 Å². The maximum Gasteiger partial charge on any atom is 0.251 e. The molecule has 0 aliphatic heterocycles. The molecule has 0 unspecified atom stereocenters. The van der Waals surface area contributed by atoms with E-state index in [1.807, 2.05) is 38.1 Å². The van der Waals surface area contributed by atoms with Crippen LogP contribution in [0, 0.1) is 13.8 Å². The highest BCUT2D eigenvalue weighted by molar-refractivity contribution is 5.95. The van der Waals surface area contributed by atoms with Gasteiger partial charge in [-0.15, -0.1) is 0 Å². The lowest BCUT2D eigenvalue weighted by Gasteiger charge is -2.09. The van der Waals surface area contributed by atoms with Crippen LogP contribution in [0.4, 0.5) is 0 Å². The molecule has 4 nitrogen and oxygen atoms in total. The highest BCUT2D eigenvalue weighted by atomic mass is 16.2. The molecule has 0 heterocycles. The van der Waals surface area contributed by atoms with Crippen LogP contribution in [0.2, 0.25) is 0 Å². The highest BCUT2D eigenvalue weighted by Gasteiger charge is 2.09. The minimum Gasteiger partial charge on any atom is -0.366 e. The summed E-state index contributed by atoms with van der Waals surface area (Å²) in [5.41, 5.74) is 9.24. The summed E-state index contributed by atoms with van der Waals surface area (Å²) in [6, 6.07) is 12.6. The Bertz CT molecular complexity index is 693. The van der Waals surface area contributed by atoms with Crippen molar-refractivity contribution in [3.05, 3.63) is 70.3 Å². The second-order valence-corrected chi connectivity index (χ2v) is 5.07. The molecule has 0 radical (unpaired) electrons. The Morgan fingerprint density at radius 2 is 1.86 bits per heavy atom. The van der Waals surface area contributed by atoms with Crippen molar-refractivity contribution in [1.29, 1.82) is 0 Å². The molecule has 0 spiro atoms. The number of rotatable bonds is 4. The number of primary amides is 1. The van der Waals surface area contributed by atoms with Crippen molar-refractivity contribution in [2.45, 2.75) is 20.4 Å². The molecule has 2 aromatic carbocycles. The quantitative estimate of drug-likeness (QED) is 0.903. The second-order valence-electron chi connectivity index (χ2n) is 5.07. The lowest BCUT2D eigenvalue weighted by Crippen LogP contribution is -2.24. The fourth-order valence-corrected chi connectivity index (χ4v) is 2.18. The predicted molar refractivity (Wildman–Crippen MR) is 82.0 cm³/mol. The molecule has 0 saturated heterocycles. The van der Waals surface area contributed by atoms with Crippen LogP contribution in [-0.2, 0) is 6.54 Å². The van der Waals surface area contributed by atoms with Crippen LogP contribution in [0.15, 0.2) is 42.5 Å². The summed E-state index contributed by atoms with van der Waals surface area (Å²) in [5.74, 6) is -0.602. The first-order valence-electron chi connectivity index (χ1n) is 6.71. The third-order valence-corrected chi connectivity index (χ3v) is 3.29. The van der Waals surface area contributed by atoms with Gasteiger partial charge in [0.25, 0.3) is 5.91 Å². The molecule has 2 aromatic rings. The molecule has 0 aromatic heterocycles. The minimum atomic E-state index is -0.474. The summed E-state index contributed by atoms with van der Waals surface area (Å²) >= 11 is 0. The van der Waals surface area contributed by atoms with Crippen LogP contribution in [0.25, 0.3) is 0 Å². The van der Waals surface area contributed by atoms with Crippen LogP contribution < -0.4 is 11.1 Å². The smallest absolute Gasteiger partial charge is 0.251 e. The molecule has 0 aliphatic rings. The number of hydrogen-bond donors (Lipinski definition) is 2. The SMILES string of the molecule is Cc1ccc(C(=O)NCc2cccc(C(N)=O)c2)c(C)c1. The molecule has 0 aliphatic carbocycles. The van der Waals surface area contributed by atoms with Crippen LogP contribution in [0.1, 0.15) is 37.4 Å². The molecule has 4 heteroatoms. The average Bonchev–Trinajstić information content (AvgIpc) is 2.45. The van der Waals surface area contributed by atoms with Gasteiger partial charge in [0.15, 0.2) is 0 Å². The van der Waals surface area contributed by atoms with E-state index in [0.717, 1.165) is 16.7 Å². The van der Waals surface area contributed by atoms with Crippen LogP contribution in [0.3, 0.4) is 0 Å². The molecular weight excluding hydrogens is 264 g/mol. The summed E-state index contributed by atoms with van der Waals surface area (Å²) < 4.78 is 0. The summed E-state index contributed by atoms with van der Waals surface area (Å²) in [7, 11) is 0. The number of benzene rings is 2. The Morgan fingerprint density at radius 3 is 2.52 bits per heavy atom. The number of aryl methyl sites for hydroxylation is 2. The maximum atomic E-state index is 12.2. The predicted octanol–water partition coefficient (Wildman–Crippen LogP) is 2.33. The van der Waals surface area contributed by atoms with E-state index in [-0.39, 0.29) is 5.91 Å². The topological polar surface area (TPSA) is 72.2 Å². The lowest BCUT2D eigenvalue weighted by atomic mass is 10.0. The number of hydrogen-bond acceptors (Lipinski definition) is 2. The van der Waals surface area contributed by atoms with Gasteiger partial charge in [0, 0.05) is 17.7 Å². The number of carbonyl (C=O) groups excluding carboxylic acids is 2. The van der Waals surface area contributed by atoms with Crippen LogP contribution in [-0.4, -0.2) is 11.8 Å². The zero-order chi connectivity index (χ0) is 15.4. The van der Waals surface area contributed by atoms with Gasteiger partial charge < -0.3 is 11.1 Å². The number of nitrogens with two attached hydrogens (primary N) is 1. The van der Waals surface area contributed by atoms with E-state index in [0.29, 0.717) is 17.7 Å². The first-order valence-corrected chi connectivity index (χ1v) is 6.71. The van der Waals surface area contributed by atoms with Crippen LogP contribution in [0.5, 0.6) is 0 Å². The summed E-state index contributed by atoms with van der Waals surface area (Å²) in [6.07, 6.45) is 0.